The minimum Gasteiger partial charge on any atom is -0.504 e. The third-order valence-corrected chi connectivity index (χ3v) is 2.36. The van der Waals surface area contributed by atoms with Gasteiger partial charge >= 0.3 is 0 Å². The summed E-state index contributed by atoms with van der Waals surface area (Å²) >= 11 is 7.38. The van der Waals surface area contributed by atoms with Crippen LogP contribution in [-0.2, 0) is 0 Å². The van der Waals surface area contributed by atoms with Crippen molar-refractivity contribution in [2.24, 2.45) is 0 Å². The number of ether oxygens (including phenoxy) is 1. The Labute approximate surface area is 97.1 Å². The van der Waals surface area contributed by atoms with E-state index in [1.54, 1.807) is 12.1 Å². The average Bonchev–Trinajstić information content (AvgIpc) is 2.18. The van der Waals surface area contributed by atoms with Crippen molar-refractivity contribution in [1.29, 1.82) is 0 Å². The molecule has 0 bridgehead atoms. The van der Waals surface area contributed by atoms with Crippen molar-refractivity contribution in [3.8, 4) is 11.5 Å². The van der Waals surface area contributed by atoms with E-state index in [0.717, 1.165) is 4.47 Å². The van der Waals surface area contributed by atoms with E-state index >= 15 is 0 Å². The predicted octanol–water partition coefficient (Wildman–Crippen LogP) is 3.11. The van der Waals surface area contributed by atoms with Gasteiger partial charge in [0.05, 0.1) is 7.11 Å². The second-order valence-electron chi connectivity index (χ2n) is 2.63. The van der Waals surface area contributed by atoms with Gasteiger partial charge in [0.25, 0.3) is 0 Å². The van der Waals surface area contributed by atoms with Crippen LogP contribution >= 0.6 is 28.6 Å². The van der Waals surface area contributed by atoms with Crippen LogP contribution in [0, 0.1) is 0 Å². The van der Waals surface area contributed by atoms with Gasteiger partial charge in [0.15, 0.2) is 11.5 Å². The molecule has 0 saturated heterocycles. The molecule has 1 aromatic carbocycles. The van der Waals surface area contributed by atoms with Crippen molar-refractivity contribution in [3.63, 3.8) is 0 Å². The molecule has 0 unspecified atom stereocenters. The Balaban J connectivity index is 3.15. The summed E-state index contributed by atoms with van der Waals surface area (Å²) in [6.07, 6.45) is 3.65. The number of hydrogen-bond donors (Lipinski definition) is 2. The van der Waals surface area contributed by atoms with Gasteiger partial charge in [-0.1, -0.05) is 28.1 Å². The first-order valence-electron chi connectivity index (χ1n) is 4.03. The fraction of sp³-hybridized carbons (Fsp3) is 0.200. The van der Waals surface area contributed by atoms with Crippen molar-refractivity contribution < 1.29 is 9.84 Å². The Hall–Kier alpha value is -0.610. The maximum absolute atomic E-state index is 9.72. The molecule has 0 radical (unpaired) electrons. The van der Waals surface area contributed by atoms with Gasteiger partial charge < -0.3 is 9.84 Å². The van der Waals surface area contributed by atoms with E-state index < -0.39 is 0 Å². The number of aromatic hydroxyl groups is 1. The molecule has 0 aliphatic rings. The topological polar surface area (TPSA) is 29.5 Å². The Morgan fingerprint density at radius 1 is 1.57 bits per heavy atom. The summed E-state index contributed by atoms with van der Waals surface area (Å²) in [7, 11) is 1.52. The lowest BCUT2D eigenvalue weighted by molar-refractivity contribution is 0.372. The van der Waals surface area contributed by atoms with Gasteiger partial charge in [0, 0.05) is 15.8 Å². The van der Waals surface area contributed by atoms with E-state index in [1.165, 1.54) is 7.11 Å². The zero-order chi connectivity index (χ0) is 10.6. The number of thiol groups is 1. The van der Waals surface area contributed by atoms with Gasteiger partial charge in [-0.3, -0.25) is 0 Å². The summed E-state index contributed by atoms with van der Waals surface area (Å²) in [6, 6.07) is 3.53. The van der Waals surface area contributed by atoms with Crippen LogP contribution in [0.15, 0.2) is 22.7 Å². The standard InChI is InChI=1S/C10H11BrO2S/c1-13-9-6-8(11)5-7(10(9)12)3-2-4-14/h2-3,5-6,12,14H,4H2,1H3. The molecule has 0 fully saturated rings. The fourth-order valence-electron chi connectivity index (χ4n) is 1.06. The zero-order valence-corrected chi connectivity index (χ0v) is 10.2. The number of hydrogen-bond acceptors (Lipinski definition) is 3. The molecule has 76 valence electrons. The van der Waals surface area contributed by atoms with Crippen LogP contribution in [0.3, 0.4) is 0 Å². The van der Waals surface area contributed by atoms with Gasteiger partial charge in [-0.25, -0.2) is 0 Å². The van der Waals surface area contributed by atoms with Crippen molar-refractivity contribution in [2.45, 2.75) is 0 Å². The number of benzene rings is 1. The van der Waals surface area contributed by atoms with E-state index in [2.05, 4.69) is 28.6 Å². The largest absolute Gasteiger partial charge is 0.504 e. The molecule has 14 heavy (non-hydrogen) atoms. The Bertz CT molecular complexity index is 350. The van der Waals surface area contributed by atoms with E-state index in [-0.39, 0.29) is 5.75 Å². The lowest BCUT2D eigenvalue weighted by atomic mass is 10.2. The molecule has 0 amide bonds. The first-order chi connectivity index (χ1) is 6.69. The van der Waals surface area contributed by atoms with Crippen LogP contribution in [0.1, 0.15) is 5.56 Å². The number of phenolic OH excluding ortho intramolecular Hbond substituents is 1. The molecule has 1 N–H and O–H groups in total. The third-order valence-electron chi connectivity index (χ3n) is 1.69. The van der Waals surface area contributed by atoms with E-state index in [1.807, 2.05) is 12.1 Å². The van der Waals surface area contributed by atoms with Gasteiger partial charge in [0.2, 0.25) is 0 Å². The highest BCUT2D eigenvalue weighted by Gasteiger charge is 2.06. The summed E-state index contributed by atoms with van der Waals surface area (Å²) in [5.41, 5.74) is 0.713. The molecule has 1 rings (SSSR count). The summed E-state index contributed by atoms with van der Waals surface area (Å²) in [6.45, 7) is 0. The van der Waals surface area contributed by atoms with Gasteiger partial charge in [0.1, 0.15) is 0 Å². The molecule has 1 aromatic rings. The van der Waals surface area contributed by atoms with Crippen LogP contribution in [0.2, 0.25) is 0 Å². The first kappa shape index (κ1) is 11.5. The van der Waals surface area contributed by atoms with Gasteiger partial charge in [-0.15, -0.1) is 0 Å². The summed E-state index contributed by atoms with van der Waals surface area (Å²) in [5.74, 6) is 1.24. The summed E-state index contributed by atoms with van der Waals surface area (Å²) in [5, 5.41) is 9.72. The van der Waals surface area contributed by atoms with Gasteiger partial charge in [-0.2, -0.15) is 12.6 Å². The quantitative estimate of drug-likeness (QED) is 0.830. The number of methoxy groups -OCH3 is 1. The molecular weight excluding hydrogens is 264 g/mol. The second kappa shape index (κ2) is 5.32. The molecule has 0 aromatic heterocycles. The predicted molar refractivity (Wildman–Crippen MR) is 65.2 cm³/mol. The van der Waals surface area contributed by atoms with Crippen LogP contribution in [0.25, 0.3) is 6.08 Å². The smallest absolute Gasteiger partial charge is 0.165 e. The fourth-order valence-corrected chi connectivity index (χ4v) is 1.62. The van der Waals surface area contributed by atoms with E-state index in [9.17, 15) is 5.11 Å². The minimum absolute atomic E-state index is 0.147. The van der Waals surface area contributed by atoms with Crippen LogP contribution in [-0.4, -0.2) is 18.0 Å². The highest BCUT2D eigenvalue weighted by molar-refractivity contribution is 9.10. The lowest BCUT2D eigenvalue weighted by Gasteiger charge is -2.06. The zero-order valence-electron chi connectivity index (χ0n) is 7.70. The normalized spacial score (nSPS) is 10.8. The molecule has 0 atom stereocenters. The van der Waals surface area contributed by atoms with E-state index in [4.69, 9.17) is 4.74 Å². The van der Waals surface area contributed by atoms with E-state index in [0.29, 0.717) is 17.1 Å². The number of phenols is 1. The summed E-state index contributed by atoms with van der Waals surface area (Å²) in [4.78, 5) is 0. The van der Waals surface area contributed by atoms with Crippen molar-refractivity contribution in [2.75, 3.05) is 12.9 Å². The maximum Gasteiger partial charge on any atom is 0.165 e. The Kier molecular flexibility index (Phi) is 4.35. The highest BCUT2D eigenvalue weighted by atomic mass is 79.9. The highest BCUT2D eigenvalue weighted by Crippen LogP contribution is 2.34. The Morgan fingerprint density at radius 2 is 2.29 bits per heavy atom. The van der Waals surface area contributed by atoms with Crippen molar-refractivity contribution in [1.82, 2.24) is 0 Å². The van der Waals surface area contributed by atoms with Crippen LogP contribution in [0.4, 0.5) is 0 Å². The van der Waals surface area contributed by atoms with Crippen molar-refractivity contribution >= 4 is 34.6 Å². The number of rotatable bonds is 3. The monoisotopic (exact) mass is 274 g/mol. The Morgan fingerprint density at radius 3 is 2.86 bits per heavy atom. The van der Waals surface area contributed by atoms with Crippen LogP contribution < -0.4 is 4.74 Å². The number of halogens is 1. The molecule has 2 nitrogen and oxygen atoms in total. The molecule has 0 saturated carbocycles. The molecule has 0 aliphatic carbocycles. The summed E-state index contributed by atoms with van der Waals surface area (Å²) < 4.78 is 5.88. The molecule has 0 spiro atoms. The van der Waals surface area contributed by atoms with Gasteiger partial charge in [-0.05, 0) is 12.1 Å². The SMILES string of the molecule is COc1cc(Br)cc(C=CCS)c1O. The van der Waals surface area contributed by atoms with Crippen molar-refractivity contribution in [3.05, 3.63) is 28.2 Å². The molecule has 0 aliphatic heterocycles. The molecular formula is C10H11BrO2S. The molecule has 0 heterocycles. The average molecular weight is 275 g/mol. The lowest BCUT2D eigenvalue weighted by Crippen LogP contribution is -1.86. The third kappa shape index (κ3) is 2.69. The maximum atomic E-state index is 9.72. The molecule has 4 heteroatoms. The minimum atomic E-state index is 0.147. The van der Waals surface area contributed by atoms with Crippen LogP contribution in [0.5, 0.6) is 11.5 Å². The second-order valence-corrected chi connectivity index (χ2v) is 3.91. The first-order valence-corrected chi connectivity index (χ1v) is 5.45.